The van der Waals surface area contributed by atoms with Gasteiger partial charge in [-0.15, -0.1) is 11.6 Å². The Kier molecular flexibility index (Phi) is 3.59. The van der Waals surface area contributed by atoms with Crippen molar-refractivity contribution in [2.75, 3.05) is 17.7 Å². The smallest absolute Gasteiger partial charge is 0.202 e. The molecule has 1 aromatic heterocycles. The molecule has 1 aliphatic carbocycles. The molecule has 0 spiro atoms. The topological polar surface area (TPSA) is 37.8 Å². The third-order valence-corrected chi connectivity index (χ3v) is 3.18. The second-order valence-corrected chi connectivity index (χ2v) is 4.68. The molecule has 78 valence electrons. The van der Waals surface area contributed by atoms with E-state index in [4.69, 9.17) is 11.6 Å². The molecule has 0 aromatic carbocycles. The third kappa shape index (κ3) is 2.82. The zero-order chi connectivity index (χ0) is 9.80. The van der Waals surface area contributed by atoms with Crippen LogP contribution < -0.4 is 5.32 Å². The number of nitrogens with zero attached hydrogens (tertiary/aromatic N) is 2. The zero-order valence-electron chi connectivity index (χ0n) is 8.00. The molecular weight excluding hydrogens is 218 g/mol. The molecule has 0 amide bonds. The van der Waals surface area contributed by atoms with Crippen molar-refractivity contribution in [2.45, 2.75) is 31.6 Å². The van der Waals surface area contributed by atoms with Crippen LogP contribution in [0.1, 0.15) is 37.4 Å². The molecule has 0 aliphatic heterocycles. The summed E-state index contributed by atoms with van der Waals surface area (Å²) in [4.78, 5) is 4.43. The summed E-state index contributed by atoms with van der Waals surface area (Å²) in [5, 5.41) is 4.23. The fourth-order valence-electron chi connectivity index (χ4n) is 1.23. The van der Waals surface area contributed by atoms with Crippen LogP contribution in [0.2, 0.25) is 0 Å². The van der Waals surface area contributed by atoms with Crippen LogP contribution in [0.3, 0.4) is 0 Å². The fraction of sp³-hybridized carbons (Fsp3) is 0.778. The van der Waals surface area contributed by atoms with Gasteiger partial charge in [0, 0.05) is 29.9 Å². The monoisotopic (exact) mass is 231 g/mol. The molecule has 2 rings (SSSR count). The minimum atomic E-state index is 0.657. The van der Waals surface area contributed by atoms with Crippen LogP contribution in [0, 0.1) is 0 Å². The first-order valence-electron chi connectivity index (χ1n) is 5.03. The number of halogens is 1. The second kappa shape index (κ2) is 4.94. The number of unbranched alkanes of at least 4 members (excludes halogenated alkanes) is 1. The van der Waals surface area contributed by atoms with Crippen molar-refractivity contribution in [3.8, 4) is 0 Å². The number of alkyl halides is 1. The quantitative estimate of drug-likeness (QED) is 0.604. The Morgan fingerprint density at radius 3 is 3.00 bits per heavy atom. The van der Waals surface area contributed by atoms with Crippen molar-refractivity contribution in [1.82, 2.24) is 9.36 Å². The predicted octanol–water partition coefficient (Wildman–Crippen LogP) is 2.85. The number of hydrogen-bond acceptors (Lipinski definition) is 4. The molecule has 1 heterocycles. The summed E-state index contributed by atoms with van der Waals surface area (Å²) >= 11 is 7.05. The Labute approximate surface area is 93.1 Å². The number of hydrogen-bond donors (Lipinski definition) is 1. The van der Waals surface area contributed by atoms with Gasteiger partial charge in [-0.05, 0) is 25.7 Å². The first-order chi connectivity index (χ1) is 6.90. The van der Waals surface area contributed by atoms with E-state index in [9.17, 15) is 0 Å². The van der Waals surface area contributed by atoms with Gasteiger partial charge in [-0.3, -0.25) is 0 Å². The van der Waals surface area contributed by atoms with Crippen LogP contribution >= 0.6 is 23.1 Å². The average molecular weight is 232 g/mol. The standard InChI is InChI=1S/C9H14ClN3S/c10-5-1-2-6-11-9-12-8(13-14-9)7-3-4-7/h7H,1-6H2,(H,11,12,13). The minimum absolute atomic E-state index is 0.657. The van der Waals surface area contributed by atoms with E-state index in [-0.39, 0.29) is 0 Å². The number of aromatic nitrogens is 2. The Balaban J connectivity index is 1.72. The highest BCUT2D eigenvalue weighted by molar-refractivity contribution is 7.09. The summed E-state index contributed by atoms with van der Waals surface area (Å²) in [5.74, 6) is 2.44. The molecule has 1 aliphatic rings. The van der Waals surface area contributed by atoms with E-state index >= 15 is 0 Å². The lowest BCUT2D eigenvalue weighted by atomic mass is 10.3. The van der Waals surface area contributed by atoms with Gasteiger partial charge in [0.1, 0.15) is 5.82 Å². The third-order valence-electron chi connectivity index (χ3n) is 2.22. The Bertz CT molecular complexity index is 285. The highest BCUT2D eigenvalue weighted by Crippen LogP contribution is 2.39. The van der Waals surface area contributed by atoms with E-state index in [0.29, 0.717) is 5.92 Å². The van der Waals surface area contributed by atoms with Crippen molar-refractivity contribution in [1.29, 1.82) is 0 Å². The molecule has 1 saturated carbocycles. The molecule has 5 heteroatoms. The van der Waals surface area contributed by atoms with Gasteiger partial charge in [0.15, 0.2) is 0 Å². The molecule has 0 radical (unpaired) electrons. The first kappa shape index (κ1) is 10.2. The van der Waals surface area contributed by atoms with Crippen molar-refractivity contribution in [3.05, 3.63) is 5.82 Å². The van der Waals surface area contributed by atoms with Crippen molar-refractivity contribution >= 4 is 28.3 Å². The summed E-state index contributed by atoms with van der Waals surface area (Å²) in [6.45, 7) is 0.950. The van der Waals surface area contributed by atoms with Gasteiger partial charge < -0.3 is 5.32 Å². The molecule has 1 fully saturated rings. The SMILES string of the molecule is ClCCCCNc1nc(C2CC2)ns1. The van der Waals surface area contributed by atoms with Crippen LogP contribution in [0.25, 0.3) is 0 Å². The molecule has 1 N–H and O–H groups in total. The van der Waals surface area contributed by atoms with Gasteiger partial charge in [-0.25, -0.2) is 4.98 Å². The van der Waals surface area contributed by atoms with Gasteiger partial charge in [0.2, 0.25) is 5.13 Å². The number of nitrogens with one attached hydrogen (secondary N) is 1. The Morgan fingerprint density at radius 1 is 1.43 bits per heavy atom. The molecule has 0 bridgehead atoms. The predicted molar refractivity (Wildman–Crippen MR) is 60.3 cm³/mol. The van der Waals surface area contributed by atoms with Crippen LogP contribution in [-0.2, 0) is 0 Å². The van der Waals surface area contributed by atoms with Crippen LogP contribution in [-0.4, -0.2) is 21.8 Å². The summed E-state index contributed by atoms with van der Waals surface area (Å²) < 4.78 is 4.32. The van der Waals surface area contributed by atoms with Gasteiger partial charge in [0.05, 0.1) is 0 Å². The zero-order valence-corrected chi connectivity index (χ0v) is 9.57. The summed E-state index contributed by atoms with van der Waals surface area (Å²) in [6.07, 6.45) is 4.69. The Hall–Kier alpha value is -0.350. The van der Waals surface area contributed by atoms with E-state index in [1.165, 1.54) is 24.4 Å². The average Bonchev–Trinajstić information content (AvgIpc) is 2.94. The normalized spacial score (nSPS) is 15.8. The van der Waals surface area contributed by atoms with E-state index in [1.807, 2.05) is 0 Å². The Morgan fingerprint density at radius 2 is 2.29 bits per heavy atom. The molecule has 0 unspecified atom stereocenters. The van der Waals surface area contributed by atoms with Crippen molar-refractivity contribution in [2.24, 2.45) is 0 Å². The van der Waals surface area contributed by atoms with Crippen molar-refractivity contribution in [3.63, 3.8) is 0 Å². The minimum Gasteiger partial charge on any atom is -0.360 e. The first-order valence-corrected chi connectivity index (χ1v) is 6.34. The van der Waals surface area contributed by atoms with Gasteiger partial charge in [-0.1, -0.05) is 0 Å². The number of rotatable bonds is 6. The van der Waals surface area contributed by atoms with Gasteiger partial charge in [0.25, 0.3) is 0 Å². The molecule has 0 atom stereocenters. The largest absolute Gasteiger partial charge is 0.360 e. The molecule has 3 nitrogen and oxygen atoms in total. The highest BCUT2D eigenvalue weighted by Gasteiger charge is 2.27. The molecule has 0 saturated heterocycles. The second-order valence-electron chi connectivity index (χ2n) is 3.55. The highest BCUT2D eigenvalue weighted by atomic mass is 35.5. The van der Waals surface area contributed by atoms with E-state index in [1.54, 1.807) is 0 Å². The van der Waals surface area contributed by atoms with Crippen molar-refractivity contribution < 1.29 is 0 Å². The lowest BCUT2D eigenvalue weighted by Gasteiger charge is -1.98. The lowest BCUT2D eigenvalue weighted by molar-refractivity contribution is 0.837. The fourth-order valence-corrected chi connectivity index (χ4v) is 2.09. The lowest BCUT2D eigenvalue weighted by Crippen LogP contribution is -2.01. The molecular formula is C9H14ClN3S. The maximum absolute atomic E-state index is 5.58. The van der Waals surface area contributed by atoms with Crippen LogP contribution in [0.4, 0.5) is 5.13 Å². The van der Waals surface area contributed by atoms with Gasteiger partial charge in [-0.2, -0.15) is 4.37 Å². The summed E-state index contributed by atoms with van der Waals surface area (Å²) in [7, 11) is 0. The van der Waals surface area contributed by atoms with Gasteiger partial charge >= 0.3 is 0 Å². The van der Waals surface area contributed by atoms with E-state index in [0.717, 1.165) is 36.2 Å². The number of anilines is 1. The maximum Gasteiger partial charge on any atom is 0.202 e. The molecule has 14 heavy (non-hydrogen) atoms. The summed E-state index contributed by atoms with van der Waals surface area (Å²) in [6, 6.07) is 0. The van der Waals surface area contributed by atoms with Crippen LogP contribution in [0.15, 0.2) is 0 Å². The maximum atomic E-state index is 5.58. The van der Waals surface area contributed by atoms with E-state index < -0.39 is 0 Å². The molecule has 1 aromatic rings. The van der Waals surface area contributed by atoms with E-state index in [2.05, 4.69) is 14.7 Å². The van der Waals surface area contributed by atoms with Crippen LogP contribution in [0.5, 0.6) is 0 Å². The summed E-state index contributed by atoms with van der Waals surface area (Å²) in [5.41, 5.74) is 0.